The first-order chi connectivity index (χ1) is 15.3. The van der Waals surface area contributed by atoms with Gasteiger partial charge in [0.25, 0.3) is 0 Å². The molecule has 1 N–H and O–H groups in total. The van der Waals surface area contributed by atoms with Crippen LogP contribution < -0.4 is 0 Å². The van der Waals surface area contributed by atoms with Crippen molar-refractivity contribution in [1.82, 2.24) is 0 Å². The van der Waals surface area contributed by atoms with Crippen LogP contribution >= 0.6 is 23.2 Å². The first kappa shape index (κ1) is 24.4. The Morgan fingerprint density at radius 1 is 1.24 bits per heavy atom. The molecule has 8 atom stereocenters. The summed E-state index contributed by atoms with van der Waals surface area (Å²) >= 11 is 13.3. The van der Waals surface area contributed by atoms with Crippen molar-refractivity contribution in [3.63, 3.8) is 0 Å². The molecule has 9 heteroatoms. The maximum atomic E-state index is 13.3. The summed E-state index contributed by atoms with van der Waals surface area (Å²) in [7, 11) is 1.16. The van der Waals surface area contributed by atoms with Crippen molar-refractivity contribution in [2.75, 3.05) is 13.0 Å². The summed E-state index contributed by atoms with van der Waals surface area (Å²) in [6, 6.07) is 0. The molecule has 0 unspecified atom stereocenters. The molecule has 0 amide bonds. The molecule has 4 aliphatic carbocycles. The number of fused-ring (bicyclic) bond motifs is 5. The Kier molecular flexibility index (Phi) is 5.66. The number of allylic oxidation sites excluding steroid dienone is 4. The summed E-state index contributed by atoms with van der Waals surface area (Å²) in [6.07, 6.45) is 2.62. The zero-order valence-electron chi connectivity index (χ0n) is 19.0. The lowest BCUT2D eigenvalue weighted by Gasteiger charge is -2.63. The Morgan fingerprint density at radius 3 is 2.52 bits per heavy atom. The molecule has 0 aliphatic heterocycles. The molecular formula is C24H28Cl2O7. The van der Waals surface area contributed by atoms with Gasteiger partial charge < -0.3 is 14.6 Å². The third-order valence-electron chi connectivity index (χ3n) is 8.97. The van der Waals surface area contributed by atoms with Gasteiger partial charge in [-0.2, -0.15) is 0 Å². The first-order valence-electron chi connectivity index (χ1n) is 11.0. The SMILES string of the molecule is COC(=O)O[C@]1(C(=O)CCl)[C@@H](C)C[C@H]2[C@@H]3CC(=O)C4=CC(=O)C=C[C@]4(C)[C@@]3(Cl)[C@@H](O)C[C@@]21C. The lowest BCUT2D eigenvalue weighted by Crippen LogP contribution is -2.70. The van der Waals surface area contributed by atoms with E-state index in [2.05, 4.69) is 0 Å². The number of hydrogen-bond acceptors (Lipinski definition) is 7. The number of halogens is 2. The van der Waals surface area contributed by atoms with Crippen LogP contribution in [0.15, 0.2) is 23.8 Å². The maximum Gasteiger partial charge on any atom is 0.509 e. The van der Waals surface area contributed by atoms with Gasteiger partial charge in [-0.05, 0) is 36.8 Å². The summed E-state index contributed by atoms with van der Waals surface area (Å²) in [6.45, 7) is 5.37. The Morgan fingerprint density at radius 2 is 1.91 bits per heavy atom. The van der Waals surface area contributed by atoms with E-state index in [1.54, 1.807) is 26.8 Å². The number of ether oxygens (including phenoxy) is 2. The van der Waals surface area contributed by atoms with Crippen molar-refractivity contribution in [3.8, 4) is 0 Å². The number of ketones is 3. The molecule has 0 bridgehead atoms. The van der Waals surface area contributed by atoms with Crippen LogP contribution in [0.2, 0.25) is 0 Å². The van der Waals surface area contributed by atoms with E-state index in [-0.39, 0.29) is 36.2 Å². The van der Waals surface area contributed by atoms with Gasteiger partial charge >= 0.3 is 6.16 Å². The molecule has 0 radical (unpaired) electrons. The van der Waals surface area contributed by atoms with Crippen molar-refractivity contribution >= 4 is 46.7 Å². The molecule has 3 fully saturated rings. The number of aliphatic hydroxyl groups excluding tert-OH is 1. The fourth-order valence-corrected chi connectivity index (χ4v) is 8.17. The summed E-state index contributed by atoms with van der Waals surface area (Å²) in [5.74, 6) is -2.68. The predicted molar refractivity (Wildman–Crippen MR) is 120 cm³/mol. The lowest BCUT2D eigenvalue weighted by molar-refractivity contribution is -0.181. The Labute approximate surface area is 202 Å². The van der Waals surface area contributed by atoms with Crippen LogP contribution in [-0.4, -0.2) is 58.2 Å². The van der Waals surface area contributed by atoms with Crippen LogP contribution in [-0.2, 0) is 23.9 Å². The quantitative estimate of drug-likeness (QED) is 0.469. The van der Waals surface area contributed by atoms with Crippen LogP contribution in [0.5, 0.6) is 0 Å². The van der Waals surface area contributed by atoms with Crippen LogP contribution in [0, 0.1) is 28.6 Å². The van der Waals surface area contributed by atoms with Gasteiger partial charge in [0.15, 0.2) is 23.0 Å². The maximum absolute atomic E-state index is 13.3. The van der Waals surface area contributed by atoms with E-state index in [4.69, 9.17) is 32.7 Å². The fourth-order valence-electron chi connectivity index (χ4n) is 7.50. The average Bonchev–Trinajstić information content (AvgIpc) is 2.98. The van der Waals surface area contributed by atoms with E-state index >= 15 is 0 Å². The highest BCUT2D eigenvalue weighted by atomic mass is 35.5. The van der Waals surface area contributed by atoms with Crippen molar-refractivity contribution in [2.45, 2.75) is 56.6 Å². The minimum atomic E-state index is -1.63. The highest BCUT2D eigenvalue weighted by Gasteiger charge is 2.77. The molecular weight excluding hydrogens is 471 g/mol. The topological polar surface area (TPSA) is 107 Å². The van der Waals surface area contributed by atoms with Crippen LogP contribution in [0.4, 0.5) is 4.79 Å². The molecule has 180 valence electrons. The molecule has 0 heterocycles. The fraction of sp³-hybridized carbons (Fsp3) is 0.667. The van der Waals surface area contributed by atoms with E-state index in [1.165, 1.54) is 12.2 Å². The number of Topliss-reactive ketones (excluding diaryl/α,β-unsaturated/α-hetero) is 2. The third kappa shape index (κ3) is 2.85. The number of alkyl halides is 2. The second-order valence-electron chi connectivity index (χ2n) is 10.2. The minimum absolute atomic E-state index is 0.0133. The zero-order chi connectivity index (χ0) is 24.6. The number of carbonyl (C=O) groups excluding carboxylic acids is 4. The molecule has 0 spiro atoms. The smallest absolute Gasteiger partial charge is 0.438 e. The van der Waals surface area contributed by atoms with Crippen LogP contribution in [0.1, 0.15) is 40.0 Å². The number of hydrogen-bond donors (Lipinski definition) is 1. The van der Waals surface area contributed by atoms with Gasteiger partial charge in [-0.3, -0.25) is 14.4 Å². The van der Waals surface area contributed by atoms with Gasteiger partial charge in [-0.15, -0.1) is 23.2 Å². The standard InChI is InChI=1S/C24H28Cl2O7/c1-12-7-14-15-9-17(28)16-8-13(27)5-6-21(16,2)23(15,26)18(29)10-22(14,3)24(12,19(30)11-25)33-20(31)32-4/h5-6,8,12,14-15,18,29H,7,9-11H2,1-4H3/t12-,14-,15-,18-,21-,22-,23-,24-/m0/s1. The van der Waals surface area contributed by atoms with E-state index < -0.39 is 51.2 Å². The number of methoxy groups -OCH3 is 1. The Balaban J connectivity index is 1.89. The molecule has 4 rings (SSSR count). The zero-order valence-corrected chi connectivity index (χ0v) is 20.5. The number of carbonyl (C=O) groups is 4. The molecule has 3 saturated carbocycles. The Hall–Kier alpha value is -1.70. The van der Waals surface area contributed by atoms with Gasteiger partial charge in [-0.25, -0.2) is 4.79 Å². The second kappa shape index (κ2) is 7.65. The largest absolute Gasteiger partial charge is 0.509 e. The van der Waals surface area contributed by atoms with Gasteiger partial charge in [0.05, 0.1) is 24.0 Å². The summed E-state index contributed by atoms with van der Waals surface area (Å²) < 4.78 is 10.4. The summed E-state index contributed by atoms with van der Waals surface area (Å²) in [4.78, 5) is 49.5. The first-order valence-corrected chi connectivity index (χ1v) is 12.0. The van der Waals surface area contributed by atoms with E-state index in [0.29, 0.717) is 12.0 Å². The molecule has 4 aliphatic rings. The molecule has 0 aromatic carbocycles. The molecule has 0 aromatic rings. The number of rotatable bonds is 3. The summed E-state index contributed by atoms with van der Waals surface area (Å²) in [5.41, 5.74) is -3.45. The van der Waals surface area contributed by atoms with Gasteiger partial charge in [0.2, 0.25) is 0 Å². The number of aliphatic hydroxyl groups is 1. The monoisotopic (exact) mass is 498 g/mol. The Bertz CT molecular complexity index is 1000. The van der Waals surface area contributed by atoms with E-state index in [9.17, 15) is 24.3 Å². The predicted octanol–water partition coefficient (Wildman–Crippen LogP) is 3.38. The molecule has 0 aromatic heterocycles. The van der Waals surface area contributed by atoms with Crippen LogP contribution in [0.3, 0.4) is 0 Å². The van der Waals surface area contributed by atoms with Crippen LogP contribution in [0.25, 0.3) is 0 Å². The molecule has 33 heavy (non-hydrogen) atoms. The van der Waals surface area contributed by atoms with Gasteiger partial charge in [0.1, 0.15) is 0 Å². The highest BCUT2D eigenvalue weighted by Crippen LogP contribution is 2.71. The van der Waals surface area contributed by atoms with Crippen molar-refractivity contribution in [2.24, 2.45) is 28.6 Å². The highest BCUT2D eigenvalue weighted by molar-refractivity contribution is 6.29. The van der Waals surface area contributed by atoms with E-state index in [0.717, 1.165) is 7.11 Å². The average molecular weight is 499 g/mol. The second-order valence-corrected chi connectivity index (χ2v) is 11.1. The molecule has 7 nitrogen and oxygen atoms in total. The van der Waals surface area contributed by atoms with Gasteiger partial charge in [0, 0.05) is 28.7 Å². The normalized spacial score (nSPS) is 46.1. The van der Waals surface area contributed by atoms with E-state index in [1.807, 2.05) is 0 Å². The van der Waals surface area contributed by atoms with Gasteiger partial charge in [-0.1, -0.05) is 26.8 Å². The van der Waals surface area contributed by atoms with Crippen molar-refractivity contribution < 1.29 is 33.8 Å². The van der Waals surface area contributed by atoms with Crippen molar-refractivity contribution in [1.29, 1.82) is 0 Å². The lowest BCUT2D eigenvalue weighted by atomic mass is 9.45. The molecule has 0 saturated heterocycles. The third-order valence-corrected chi connectivity index (χ3v) is 10.1. The minimum Gasteiger partial charge on any atom is -0.438 e. The summed E-state index contributed by atoms with van der Waals surface area (Å²) in [5, 5.41) is 11.6. The van der Waals surface area contributed by atoms with Crippen molar-refractivity contribution in [3.05, 3.63) is 23.8 Å².